The number of hydrogen-bond donors (Lipinski definition) is 1. The smallest absolute Gasteiger partial charge is 0.227 e. The molecule has 1 saturated carbocycles. The number of nitrogens with zero attached hydrogens (tertiary/aromatic N) is 2. The van der Waals surface area contributed by atoms with Crippen molar-refractivity contribution in [1.82, 2.24) is 9.61 Å². The maximum atomic E-state index is 11.6. The van der Waals surface area contributed by atoms with E-state index in [1.54, 1.807) is 10.7 Å². The number of anilines is 1. The number of aromatic nitrogens is 2. The molecule has 3 rings (SSSR count). The molecule has 0 unspecified atom stereocenters. The van der Waals surface area contributed by atoms with Crippen LogP contribution in [0.1, 0.15) is 12.8 Å². The van der Waals surface area contributed by atoms with Crippen molar-refractivity contribution in [3.8, 4) is 0 Å². The van der Waals surface area contributed by atoms with E-state index in [2.05, 4.69) is 10.4 Å². The molecule has 1 aliphatic carbocycles. The number of pyridine rings is 1. The van der Waals surface area contributed by atoms with Gasteiger partial charge in [-0.3, -0.25) is 4.79 Å². The highest BCUT2D eigenvalue weighted by Crippen LogP contribution is 2.30. The fourth-order valence-corrected chi connectivity index (χ4v) is 1.64. The third-order valence-corrected chi connectivity index (χ3v) is 2.64. The number of nitrogens with one attached hydrogen (secondary N) is 1. The fourth-order valence-electron chi connectivity index (χ4n) is 1.64. The van der Waals surface area contributed by atoms with E-state index in [-0.39, 0.29) is 11.8 Å². The highest BCUT2D eigenvalue weighted by atomic mass is 16.2. The van der Waals surface area contributed by atoms with Crippen LogP contribution in [0.4, 0.5) is 5.69 Å². The fraction of sp³-hybridized carbons (Fsp3) is 0.273. The molecule has 0 aromatic carbocycles. The molecule has 2 aromatic rings. The molecule has 15 heavy (non-hydrogen) atoms. The summed E-state index contributed by atoms with van der Waals surface area (Å²) in [5.41, 5.74) is 1.78. The minimum absolute atomic E-state index is 0.129. The summed E-state index contributed by atoms with van der Waals surface area (Å²) in [5, 5.41) is 7.05. The summed E-state index contributed by atoms with van der Waals surface area (Å²) in [6.45, 7) is 0. The zero-order valence-corrected chi connectivity index (χ0v) is 8.18. The molecule has 76 valence electrons. The normalized spacial score (nSPS) is 15.5. The number of carbonyl (C=O) groups excluding carboxylic acids is 1. The number of carbonyl (C=O) groups is 1. The van der Waals surface area contributed by atoms with Crippen molar-refractivity contribution in [3.63, 3.8) is 0 Å². The highest BCUT2D eigenvalue weighted by molar-refractivity contribution is 5.97. The van der Waals surface area contributed by atoms with Crippen molar-refractivity contribution in [1.29, 1.82) is 0 Å². The van der Waals surface area contributed by atoms with Gasteiger partial charge in [0.25, 0.3) is 0 Å². The summed E-state index contributed by atoms with van der Waals surface area (Å²) in [5.74, 6) is 0.359. The van der Waals surface area contributed by atoms with Crippen molar-refractivity contribution in [2.45, 2.75) is 12.8 Å². The van der Waals surface area contributed by atoms with Gasteiger partial charge in [0.1, 0.15) is 0 Å². The number of hydrogen-bond acceptors (Lipinski definition) is 2. The predicted molar refractivity (Wildman–Crippen MR) is 56.5 cm³/mol. The third kappa shape index (κ3) is 1.48. The Balaban J connectivity index is 1.95. The van der Waals surface area contributed by atoms with Gasteiger partial charge < -0.3 is 5.32 Å². The van der Waals surface area contributed by atoms with Crippen LogP contribution >= 0.6 is 0 Å². The maximum absolute atomic E-state index is 11.6. The molecule has 1 N–H and O–H groups in total. The SMILES string of the molecule is O=C(Nc1cccn2nccc12)C1CC1. The van der Waals surface area contributed by atoms with Gasteiger partial charge in [0, 0.05) is 12.1 Å². The average Bonchev–Trinajstić information content (AvgIpc) is 2.97. The van der Waals surface area contributed by atoms with E-state index in [1.807, 2.05) is 24.4 Å². The van der Waals surface area contributed by atoms with Gasteiger partial charge in [-0.2, -0.15) is 5.10 Å². The second-order valence-corrected chi connectivity index (χ2v) is 3.85. The maximum Gasteiger partial charge on any atom is 0.227 e. The first-order valence-corrected chi connectivity index (χ1v) is 5.08. The van der Waals surface area contributed by atoms with Crippen LogP contribution in [-0.4, -0.2) is 15.5 Å². The lowest BCUT2D eigenvalue weighted by atomic mass is 10.3. The Labute approximate surface area is 86.9 Å². The Morgan fingerprint density at radius 1 is 1.47 bits per heavy atom. The Bertz CT molecular complexity index is 513. The van der Waals surface area contributed by atoms with Crippen LogP contribution in [0.3, 0.4) is 0 Å². The van der Waals surface area contributed by atoms with Crippen molar-refractivity contribution < 1.29 is 4.79 Å². The molecule has 1 aliphatic rings. The van der Waals surface area contributed by atoms with Crippen LogP contribution < -0.4 is 5.32 Å². The molecule has 2 aromatic heterocycles. The van der Waals surface area contributed by atoms with Crippen molar-refractivity contribution >= 4 is 17.1 Å². The van der Waals surface area contributed by atoms with E-state index in [4.69, 9.17) is 0 Å². The lowest BCUT2D eigenvalue weighted by Crippen LogP contribution is -2.13. The molecule has 0 aliphatic heterocycles. The van der Waals surface area contributed by atoms with Crippen LogP contribution in [0.15, 0.2) is 30.6 Å². The van der Waals surface area contributed by atoms with E-state index >= 15 is 0 Å². The van der Waals surface area contributed by atoms with Gasteiger partial charge in [-0.25, -0.2) is 4.52 Å². The first kappa shape index (κ1) is 8.47. The molecule has 4 nitrogen and oxygen atoms in total. The molecule has 0 radical (unpaired) electrons. The van der Waals surface area contributed by atoms with Crippen molar-refractivity contribution in [2.75, 3.05) is 5.32 Å². The largest absolute Gasteiger partial charge is 0.324 e. The lowest BCUT2D eigenvalue weighted by molar-refractivity contribution is -0.117. The van der Waals surface area contributed by atoms with Crippen molar-refractivity contribution in [3.05, 3.63) is 30.6 Å². The quantitative estimate of drug-likeness (QED) is 0.803. The summed E-state index contributed by atoms with van der Waals surface area (Å²) in [6, 6.07) is 5.67. The molecule has 4 heteroatoms. The van der Waals surface area contributed by atoms with Gasteiger partial charge in [-0.05, 0) is 31.0 Å². The lowest BCUT2D eigenvalue weighted by Gasteiger charge is -2.05. The molecule has 1 amide bonds. The van der Waals surface area contributed by atoms with Gasteiger partial charge in [0.15, 0.2) is 0 Å². The van der Waals surface area contributed by atoms with E-state index in [0.29, 0.717) is 0 Å². The zero-order chi connectivity index (χ0) is 10.3. The summed E-state index contributed by atoms with van der Waals surface area (Å²) in [7, 11) is 0. The molecular formula is C11H11N3O. The van der Waals surface area contributed by atoms with E-state index in [1.165, 1.54) is 0 Å². The van der Waals surface area contributed by atoms with Gasteiger partial charge in [-0.15, -0.1) is 0 Å². The molecule has 0 spiro atoms. The van der Waals surface area contributed by atoms with Gasteiger partial charge in [-0.1, -0.05) is 0 Å². The third-order valence-electron chi connectivity index (χ3n) is 2.64. The summed E-state index contributed by atoms with van der Waals surface area (Å²) < 4.78 is 1.75. The minimum atomic E-state index is 0.129. The summed E-state index contributed by atoms with van der Waals surface area (Å²) in [4.78, 5) is 11.6. The number of fused-ring (bicyclic) bond motifs is 1. The zero-order valence-electron chi connectivity index (χ0n) is 8.18. The van der Waals surface area contributed by atoms with Crippen LogP contribution in [0.2, 0.25) is 0 Å². The summed E-state index contributed by atoms with van der Waals surface area (Å²) >= 11 is 0. The second kappa shape index (κ2) is 3.08. The molecular weight excluding hydrogens is 190 g/mol. The van der Waals surface area contributed by atoms with E-state index < -0.39 is 0 Å². The van der Waals surface area contributed by atoms with Crippen LogP contribution in [0.25, 0.3) is 5.52 Å². The van der Waals surface area contributed by atoms with Crippen molar-refractivity contribution in [2.24, 2.45) is 5.92 Å². The molecule has 0 saturated heterocycles. The second-order valence-electron chi connectivity index (χ2n) is 3.85. The Morgan fingerprint density at radius 2 is 2.33 bits per heavy atom. The van der Waals surface area contributed by atoms with Crippen LogP contribution in [0.5, 0.6) is 0 Å². The topological polar surface area (TPSA) is 46.4 Å². The monoisotopic (exact) mass is 201 g/mol. The Kier molecular flexibility index (Phi) is 1.74. The molecule has 0 bridgehead atoms. The van der Waals surface area contributed by atoms with E-state index in [0.717, 1.165) is 24.0 Å². The highest BCUT2D eigenvalue weighted by Gasteiger charge is 2.29. The Hall–Kier alpha value is -1.84. The molecule has 0 atom stereocenters. The minimum Gasteiger partial charge on any atom is -0.324 e. The average molecular weight is 201 g/mol. The Morgan fingerprint density at radius 3 is 3.13 bits per heavy atom. The van der Waals surface area contributed by atoms with Crippen LogP contribution in [-0.2, 0) is 4.79 Å². The summed E-state index contributed by atoms with van der Waals surface area (Å²) in [6.07, 6.45) is 5.63. The number of amides is 1. The van der Waals surface area contributed by atoms with E-state index in [9.17, 15) is 4.79 Å². The standard InChI is InChI=1S/C11H11N3O/c15-11(8-3-4-8)13-9-2-1-7-14-10(9)5-6-12-14/h1-2,5-8H,3-4H2,(H,13,15). The van der Waals surface area contributed by atoms with Crippen LogP contribution in [0, 0.1) is 5.92 Å². The predicted octanol–water partition coefficient (Wildman–Crippen LogP) is 1.68. The van der Waals surface area contributed by atoms with Gasteiger partial charge in [0.2, 0.25) is 5.91 Å². The number of rotatable bonds is 2. The van der Waals surface area contributed by atoms with Gasteiger partial charge >= 0.3 is 0 Å². The first-order valence-electron chi connectivity index (χ1n) is 5.08. The van der Waals surface area contributed by atoms with Gasteiger partial charge in [0.05, 0.1) is 17.4 Å². The molecule has 1 fully saturated rings. The first-order chi connectivity index (χ1) is 7.34. The molecule has 2 heterocycles.